The van der Waals surface area contributed by atoms with Crippen LogP contribution in [0.1, 0.15) is 18.1 Å². The molecule has 0 fully saturated rings. The van der Waals surface area contributed by atoms with Crippen molar-refractivity contribution in [3.8, 4) is 5.75 Å². The predicted molar refractivity (Wildman–Crippen MR) is 110 cm³/mol. The first-order valence-electron chi connectivity index (χ1n) is 9.34. The molecule has 0 spiro atoms. The summed E-state index contributed by atoms with van der Waals surface area (Å²) in [6.07, 6.45) is 1.66. The van der Waals surface area contributed by atoms with E-state index in [4.69, 9.17) is 9.88 Å². The average molecular weight is 403 g/mol. The zero-order valence-electron chi connectivity index (χ0n) is 15.9. The van der Waals surface area contributed by atoms with Gasteiger partial charge in [0.15, 0.2) is 5.96 Å². The van der Waals surface area contributed by atoms with Gasteiger partial charge in [-0.15, -0.1) is 0 Å². The average Bonchev–Trinajstić information content (AvgIpc) is 3.09. The summed E-state index contributed by atoms with van der Waals surface area (Å²) in [5.74, 6) is 1.69. The molecule has 0 aliphatic carbocycles. The van der Waals surface area contributed by atoms with E-state index in [0.717, 1.165) is 36.7 Å². The van der Waals surface area contributed by atoms with Crippen molar-refractivity contribution in [2.24, 2.45) is 10.1 Å². The van der Waals surface area contributed by atoms with E-state index in [9.17, 15) is 8.42 Å². The highest BCUT2D eigenvalue weighted by Gasteiger charge is 2.21. The second kappa shape index (κ2) is 9.07. The van der Waals surface area contributed by atoms with Gasteiger partial charge < -0.3 is 15.4 Å². The Morgan fingerprint density at radius 3 is 2.61 bits per heavy atom. The molecule has 0 bridgehead atoms. The Morgan fingerprint density at radius 1 is 1.18 bits per heavy atom. The number of ether oxygens (including phenoxy) is 1. The fourth-order valence-corrected chi connectivity index (χ4v) is 3.58. The molecule has 0 saturated carbocycles. The normalized spacial score (nSPS) is 16.4. The van der Waals surface area contributed by atoms with Gasteiger partial charge in [0, 0.05) is 19.5 Å². The molecule has 0 radical (unpaired) electrons. The fraction of sp³-hybridized carbons (Fsp3) is 0.350. The molecule has 3 rings (SSSR count). The van der Waals surface area contributed by atoms with E-state index in [-0.39, 0.29) is 11.0 Å². The number of rotatable bonds is 7. The van der Waals surface area contributed by atoms with Gasteiger partial charge in [0.25, 0.3) is 0 Å². The molecule has 1 aliphatic heterocycles. The lowest BCUT2D eigenvalue weighted by Gasteiger charge is -2.13. The Hall–Kier alpha value is -2.58. The van der Waals surface area contributed by atoms with Crippen LogP contribution in [-0.4, -0.2) is 40.1 Å². The topological polar surface area (TPSA) is 106 Å². The van der Waals surface area contributed by atoms with Gasteiger partial charge in [-0.3, -0.25) is 0 Å². The zero-order valence-corrected chi connectivity index (χ0v) is 16.7. The molecule has 4 N–H and O–H groups in total. The van der Waals surface area contributed by atoms with Crippen molar-refractivity contribution in [2.75, 3.05) is 19.6 Å². The van der Waals surface area contributed by atoms with E-state index >= 15 is 0 Å². The van der Waals surface area contributed by atoms with E-state index in [0.29, 0.717) is 13.1 Å². The third-order valence-electron chi connectivity index (χ3n) is 4.47. The molecular formula is C20H26N4O3S. The number of aliphatic imine (C=N–C) groups is 1. The summed E-state index contributed by atoms with van der Waals surface area (Å²) < 4.78 is 28.5. The van der Waals surface area contributed by atoms with Crippen LogP contribution in [-0.2, 0) is 22.9 Å². The van der Waals surface area contributed by atoms with Gasteiger partial charge in [0.05, 0.1) is 11.4 Å². The Kier molecular flexibility index (Phi) is 6.53. The molecule has 1 unspecified atom stereocenters. The lowest BCUT2D eigenvalue weighted by atomic mass is 10.1. The predicted octanol–water partition coefficient (Wildman–Crippen LogP) is 1.44. The first kappa shape index (κ1) is 20.2. The van der Waals surface area contributed by atoms with Crippen molar-refractivity contribution >= 4 is 16.0 Å². The van der Waals surface area contributed by atoms with Crippen LogP contribution in [0.5, 0.6) is 5.75 Å². The van der Waals surface area contributed by atoms with Crippen molar-refractivity contribution in [1.29, 1.82) is 0 Å². The van der Waals surface area contributed by atoms with Crippen LogP contribution in [0.25, 0.3) is 0 Å². The summed E-state index contributed by atoms with van der Waals surface area (Å²) in [6, 6.07) is 14.7. The molecule has 2 aromatic carbocycles. The first-order valence-corrected chi connectivity index (χ1v) is 10.9. The van der Waals surface area contributed by atoms with Gasteiger partial charge in [0.1, 0.15) is 11.9 Å². The Labute approximate surface area is 166 Å². The van der Waals surface area contributed by atoms with Crippen LogP contribution in [0.2, 0.25) is 0 Å². The number of hydrogen-bond acceptors (Lipinski definition) is 4. The molecule has 1 aliphatic rings. The summed E-state index contributed by atoms with van der Waals surface area (Å²) >= 11 is 0. The molecule has 28 heavy (non-hydrogen) atoms. The Balaban J connectivity index is 1.50. The number of nitrogens with one attached hydrogen (secondary N) is 2. The summed E-state index contributed by atoms with van der Waals surface area (Å²) in [6.45, 7) is 4.03. The third-order valence-corrected chi connectivity index (χ3v) is 5.40. The van der Waals surface area contributed by atoms with Gasteiger partial charge in [-0.2, -0.15) is 0 Å². The quantitative estimate of drug-likeness (QED) is 0.480. The minimum atomic E-state index is -3.65. The second-order valence-electron chi connectivity index (χ2n) is 6.64. The van der Waals surface area contributed by atoms with E-state index in [1.807, 2.05) is 25.1 Å². The zero-order chi connectivity index (χ0) is 20.0. The van der Waals surface area contributed by atoms with Crippen LogP contribution in [0.3, 0.4) is 0 Å². The van der Waals surface area contributed by atoms with Crippen molar-refractivity contribution < 1.29 is 13.2 Å². The summed E-state index contributed by atoms with van der Waals surface area (Å²) in [7, 11) is -3.65. The van der Waals surface area contributed by atoms with Crippen molar-refractivity contribution in [1.82, 2.24) is 10.6 Å². The summed E-state index contributed by atoms with van der Waals surface area (Å²) in [5.41, 5.74) is 2.24. The number of fused-ring (bicyclic) bond motifs is 1. The highest BCUT2D eigenvalue weighted by molar-refractivity contribution is 7.89. The van der Waals surface area contributed by atoms with Gasteiger partial charge in [-0.1, -0.05) is 30.3 Å². The van der Waals surface area contributed by atoms with Crippen LogP contribution in [0, 0.1) is 0 Å². The van der Waals surface area contributed by atoms with Crippen LogP contribution in [0.15, 0.2) is 58.4 Å². The molecule has 0 saturated heterocycles. The van der Waals surface area contributed by atoms with Crippen LogP contribution >= 0.6 is 0 Å². The van der Waals surface area contributed by atoms with Gasteiger partial charge in [-0.05, 0) is 42.7 Å². The monoisotopic (exact) mass is 402 g/mol. The van der Waals surface area contributed by atoms with Crippen LogP contribution in [0.4, 0.5) is 0 Å². The maximum atomic E-state index is 11.3. The second-order valence-corrected chi connectivity index (χ2v) is 8.20. The highest BCUT2D eigenvalue weighted by atomic mass is 32.2. The van der Waals surface area contributed by atoms with Gasteiger partial charge in [-0.25, -0.2) is 18.5 Å². The SMILES string of the molecule is CCNC(=NCC1Cc2ccccc2O1)NCCc1ccc(S(N)(=O)=O)cc1. The largest absolute Gasteiger partial charge is 0.488 e. The summed E-state index contributed by atoms with van der Waals surface area (Å²) in [5, 5.41) is 11.6. The fourth-order valence-electron chi connectivity index (χ4n) is 3.06. The lowest BCUT2D eigenvalue weighted by Crippen LogP contribution is -2.39. The standard InChI is InChI=1S/C20H26N4O3S/c1-2-22-20(24-14-17-13-16-5-3-4-6-19(16)27-17)23-12-11-15-7-9-18(10-8-15)28(21,25)26/h3-10,17H,2,11-14H2,1H3,(H2,21,25,26)(H2,22,23,24). The van der Waals surface area contributed by atoms with Crippen molar-refractivity contribution in [3.05, 3.63) is 59.7 Å². The van der Waals surface area contributed by atoms with E-state index in [2.05, 4.69) is 21.7 Å². The van der Waals surface area contributed by atoms with Gasteiger partial charge >= 0.3 is 0 Å². The molecule has 150 valence electrons. The minimum Gasteiger partial charge on any atom is -0.488 e. The van der Waals surface area contributed by atoms with E-state index in [1.54, 1.807) is 12.1 Å². The molecule has 0 amide bonds. The number of para-hydroxylation sites is 1. The Bertz CT molecular complexity index is 902. The molecule has 1 atom stereocenters. The number of sulfonamides is 1. The highest BCUT2D eigenvalue weighted by Crippen LogP contribution is 2.28. The number of guanidine groups is 1. The summed E-state index contributed by atoms with van der Waals surface area (Å²) in [4.78, 5) is 4.75. The van der Waals surface area contributed by atoms with Gasteiger partial charge in [0.2, 0.25) is 10.0 Å². The van der Waals surface area contributed by atoms with Crippen LogP contribution < -0.4 is 20.5 Å². The smallest absolute Gasteiger partial charge is 0.238 e. The third kappa shape index (κ3) is 5.46. The minimum absolute atomic E-state index is 0.0543. The number of nitrogens with two attached hydrogens (primary N) is 1. The molecular weight excluding hydrogens is 376 g/mol. The number of nitrogens with zero attached hydrogens (tertiary/aromatic N) is 1. The number of hydrogen-bond donors (Lipinski definition) is 3. The maximum Gasteiger partial charge on any atom is 0.238 e. The number of benzene rings is 2. The Morgan fingerprint density at radius 2 is 1.93 bits per heavy atom. The number of primary sulfonamides is 1. The maximum absolute atomic E-state index is 11.3. The molecule has 7 nitrogen and oxygen atoms in total. The molecule has 8 heteroatoms. The molecule has 1 heterocycles. The molecule has 0 aromatic heterocycles. The van der Waals surface area contributed by atoms with E-state index in [1.165, 1.54) is 17.7 Å². The first-order chi connectivity index (χ1) is 13.5. The van der Waals surface area contributed by atoms with Crippen molar-refractivity contribution in [3.63, 3.8) is 0 Å². The lowest BCUT2D eigenvalue weighted by molar-refractivity contribution is 0.241. The van der Waals surface area contributed by atoms with E-state index < -0.39 is 10.0 Å². The molecule has 2 aromatic rings. The van der Waals surface area contributed by atoms with Crippen molar-refractivity contribution in [2.45, 2.75) is 30.8 Å².